The highest BCUT2D eigenvalue weighted by Gasteiger charge is 2.69. The minimum absolute atomic E-state index is 0.0786. The summed E-state index contributed by atoms with van der Waals surface area (Å²) in [7, 11) is 1.28. The van der Waals surface area contributed by atoms with E-state index >= 15 is 0 Å². The molecule has 1 aliphatic carbocycles. The van der Waals surface area contributed by atoms with Crippen molar-refractivity contribution in [2.45, 2.75) is 40.2 Å². The van der Waals surface area contributed by atoms with Gasteiger partial charge in [-0.25, -0.2) is 9.69 Å². The highest BCUT2D eigenvalue weighted by Crippen LogP contribution is 2.68. The first-order valence-corrected chi connectivity index (χ1v) is 9.95. The van der Waals surface area contributed by atoms with Gasteiger partial charge in [-0.2, -0.15) is 0 Å². The summed E-state index contributed by atoms with van der Waals surface area (Å²) in [5.74, 6) is -1.68. The summed E-state index contributed by atoms with van der Waals surface area (Å²) >= 11 is 0. The van der Waals surface area contributed by atoms with Crippen molar-refractivity contribution in [3.8, 4) is 0 Å². The molecule has 1 atom stereocenters. The number of benzene rings is 1. The number of esters is 1. The van der Waals surface area contributed by atoms with Gasteiger partial charge in [0.2, 0.25) is 11.8 Å². The first-order chi connectivity index (χ1) is 14.0. The maximum absolute atomic E-state index is 13.3. The molecule has 1 saturated heterocycles. The molecule has 0 spiro atoms. The summed E-state index contributed by atoms with van der Waals surface area (Å²) in [5.41, 5.74) is 0.314. The Labute approximate surface area is 176 Å². The zero-order chi connectivity index (χ0) is 22.4. The molecule has 0 radical (unpaired) electrons. The lowest BCUT2D eigenvalue weighted by Gasteiger charge is -2.27. The number of amides is 3. The molecule has 2 aliphatic rings. The van der Waals surface area contributed by atoms with Gasteiger partial charge in [-0.15, -0.1) is 6.58 Å². The molecular weight excluding hydrogens is 384 g/mol. The number of anilines is 1. The van der Waals surface area contributed by atoms with E-state index in [1.807, 2.05) is 27.7 Å². The molecule has 3 rings (SSSR count). The molecule has 1 heterocycles. The van der Waals surface area contributed by atoms with Gasteiger partial charge in [-0.05, 0) is 35.1 Å². The maximum atomic E-state index is 13.3. The number of methoxy groups -OCH3 is 1. The highest BCUT2D eigenvalue weighted by atomic mass is 16.5. The van der Waals surface area contributed by atoms with Crippen LogP contribution in [0, 0.1) is 16.7 Å². The first-order valence-electron chi connectivity index (χ1n) is 9.95. The van der Waals surface area contributed by atoms with Crippen molar-refractivity contribution in [3.05, 3.63) is 42.5 Å². The van der Waals surface area contributed by atoms with Crippen molar-refractivity contribution in [3.63, 3.8) is 0 Å². The van der Waals surface area contributed by atoms with Crippen LogP contribution in [0.25, 0.3) is 0 Å². The Morgan fingerprint density at radius 2 is 1.73 bits per heavy atom. The molecule has 7 nitrogen and oxygen atoms in total. The Morgan fingerprint density at radius 1 is 1.17 bits per heavy atom. The van der Waals surface area contributed by atoms with E-state index < -0.39 is 17.9 Å². The van der Waals surface area contributed by atoms with E-state index in [9.17, 15) is 19.2 Å². The first kappa shape index (κ1) is 21.7. The van der Waals surface area contributed by atoms with Crippen LogP contribution < -0.4 is 4.90 Å². The molecule has 1 aromatic carbocycles. The lowest BCUT2D eigenvalue weighted by Crippen LogP contribution is -2.47. The smallest absolute Gasteiger partial charge is 0.337 e. The molecule has 0 bridgehead atoms. The fourth-order valence-electron chi connectivity index (χ4n) is 4.48. The second-order valence-corrected chi connectivity index (χ2v) is 8.98. The molecule has 160 valence electrons. The molecule has 0 N–H and O–H groups in total. The van der Waals surface area contributed by atoms with Gasteiger partial charge in [-0.1, -0.05) is 33.8 Å². The van der Waals surface area contributed by atoms with Gasteiger partial charge < -0.3 is 9.64 Å². The Morgan fingerprint density at radius 3 is 2.20 bits per heavy atom. The summed E-state index contributed by atoms with van der Waals surface area (Å²) in [4.78, 5) is 53.3. The number of rotatable bonds is 6. The Balaban J connectivity index is 1.85. The quantitative estimate of drug-likeness (QED) is 0.408. The third kappa shape index (κ3) is 3.22. The molecule has 1 aromatic rings. The van der Waals surface area contributed by atoms with Crippen molar-refractivity contribution < 1.29 is 23.9 Å². The van der Waals surface area contributed by atoms with Gasteiger partial charge in [0, 0.05) is 12.5 Å². The predicted octanol–water partition coefficient (Wildman–Crippen LogP) is 2.80. The van der Waals surface area contributed by atoms with E-state index in [1.54, 1.807) is 6.08 Å². The van der Waals surface area contributed by atoms with Gasteiger partial charge in [0.25, 0.3) is 5.91 Å². The number of hydrogen-bond acceptors (Lipinski definition) is 5. The van der Waals surface area contributed by atoms with Crippen LogP contribution >= 0.6 is 0 Å². The largest absolute Gasteiger partial charge is 0.465 e. The predicted molar refractivity (Wildman–Crippen MR) is 112 cm³/mol. The van der Waals surface area contributed by atoms with Crippen molar-refractivity contribution in [1.29, 1.82) is 0 Å². The lowest BCUT2D eigenvalue weighted by atomic mass is 10.0. The Kier molecular flexibility index (Phi) is 5.35. The van der Waals surface area contributed by atoms with Crippen LogP contribution in [0.5, 0.6) is 0 Å². The molecule has 0 aromatic heterocycles. The number of imide groups is 1. The van der Waals surface area contributed by atoms with Crippen molar-refractivity contribution in [2.24, 2.45) is 16.7 Å². The second kappa shape index (κ2) is 7.38. The van der Waals surface area contributed by atoms with Gasteiger partial charge in [0.15, 0.2) is 0 Å². The lowest BCUT2D eigenvalue weighted by molar-refractivity contribution is -0.139. The normalized spacial score (nSPS) is 22.0. The van der Waals surface area contributed by atoms with Crippen LogP contribution in [0.2, 0.25) is 0 Å². The van der Waals surface area contributed by atoms with Crippen LogP contribution in [-0.2, 0) is 19.1 Å². The van der Waals surface area contributed by atoms with Crippen LogP contribution in [0.1, 0.15) is 44.5 Å². The fourth-order valence-corrected chi connectivity index (χ4v) is 4.48. The van der Waals surface area contributed by atoms with E-state index in [0.717, 1.165) is 4.90 Å². The van der Waals surface area contributed by atoms with E-state index in [0.29, 0.717) is 11.3 Å². The van der Waals surface area contributed by atoms with Crippen molar-refractivity contribution in [2.75, 3.05) is 18.6 Å². The molecule has 1 unspecified atom stereocenters. The van der Waals surface area contributed by atoms with Crippen LogP contribution in [0.4, 0.5) is 5.69 Å². The summed E-state index contributed by atoms with van der Waals surface area (Å²) in [6.45, 7) is 12.1. The third-order valence-corrected chi connectivity index (χ3v) is 6.92. The molecule has 7 heteroatoms. The number of hydrogen-bond donors (Lipinski definition) is 0. The number of carbonyl (C=O) groups excluding carboxylic acids is 4. The third-order valence-electron chi connectivity index (χ3n) is 6.92. The standard InChI is InChI=1S/C23H28N2O5/c1-7-12-24(20(28)18-22(2,3)23(18,4)5)16-13-17(26)25(19(16)27)15-10-8-14(9-11-15)21(29)30-6/h7-11,16,18H,1,12-13H2,2-6H3. The van der Waals surface area contributed by atoms with Crippen molar-refractivity contribution >= 4 is 29.4 Å². The minimum atomic E-state index is -0.865. The summed E-state index contributed by atoms with van der Waals surface area (Å²) in [6, 6.07) is 5.18. The van der Waals surface area contributed by atoms with E-state index in [4.69, 9.17) is 0 Å². The second-order valence-electron chi connectivity index (χ2n) is 8.98. The number of ether oxygens (including phenoxy) is 1. The molecule has 2 fully saturated rings. The SMILES string of the molecule is C=CCN(C(=O)C1C(C)(C)C1(C)C)C1CC(=O)N(c2ccc(C(=O)OC)cc2)C1=O. The zero-order valence-electron chi connectivity index (χ0n) is 18.1. The molecule has 1 aliphatic heterocycles. The van der Waals surface area contributed by atoms with Crippen LogP contribution in [-0.4, -0.2) is 48.3 Å². The Hall–Kier alpha value is -2.96. The molecular formula is C23H28N2O5. The van der Waals surface area contributed by atoms with Gasteiger partial charge in [0.05, 0.1) is 24.8 Å². The van der Waals surface area contributed by atoms with Gasteiger partial charge in [0.1, 0.15) is 6.04 Å². The molecule has 3 amide bonds. The summed E-state index contributed by atoms with van der Waals surface area (Å²) < 4.78 is 4.67. The molecule has 1 saturated carbocycles. The molecule has 30 heavy (non-hydrogen) atoms. The van der Waals surface area contributed by atoms with Gasteiger partial charge in [-0.3, -0.25) is 14.4 Å². The number of carbonyl (C=O) groups is 4. The minimum Gasteiger partial charge on any atom is -0.465 e. The van der Waals surface area contributed by atoms with Crippen LogP contribution in [0.15, 0.2) is 36.9 Å². The van der Waals surface area contributed by atoms with Crippen LogP contribution in [0.3, 0.4) is 0 Å². The topological polar surface area (TPSA) is 84.0 Å². The van der Waals surface area contributed by atoms with E-state index in [2.05, 4.69) is 11.3 Å². The fraction of sp³-hybridized carbons (Fsp3) is 0.478. The van der Waals surface area contributed by atoms with E-state index in [1.165, 1.54) is 36.3 Å². The zero-order valence-corrected chi connectivity index (χ0v) is 18.1. The number of nitrogens with zero attached hydrogens (tertiary/aromatic N) is 2. The Bertz CT molecular complexity index is 902. The maximum Gasteiger partial charge on any atom is 0.337 e. The summed E-state index contributed by atoms with van der Waals surface area (Å²) in [6.07, 6.45) is 1.50. The van der Waals surface area contributed by atoms with E-state index in [-0.39, 0.29) is 41.5 Å². The van der Waals surface area contributed by atoms with Crippen molar-refractivity contribution in [1.82, 2.24) is 4.90 Å². The average Bonchev–Trinajstić information content (AvgIpc) is 2.93. The summed E-state index contributed by atoms with van der Waals surface area (Å²) in [5, 5.41) is 0. The average molecular weight is 412 g/mol. The monoisotopic (exact) mass is 412 g/mol. The highest BCUT2D eigenvalue weighted by molar-refractivity contribution is 6.23. The van der Waals surface area contributed by atoms with Gasteiger partial charge >= 0.3 is 5.97 Å².